The molecule has 12 heavy (non-hydrogen) atoms. The van der Waals surface area contributed by atoms with Gasteiger partial charge in [0.1, 0.15) is 0 Å². The maximum Gasteiger partial charge on any atom is 0.310 e. The van der Waals surface area contributed by atoms with E-state index in [1.165, 1.54) is 7.11 Å². The minimum atomic E-state index is -0.847. The molecule has 0 saturated heterocycles. The second-order valence-corrected chi connectivity index (χ2v) is 3.63. The number of esters is 1. The Morgan fingerprint density at radius 3 is 2.33 bits per heavy atom. The fourth-order valence-corrected chi connectivity index (χ4v) is 2.35. The number of rotatable bonds is 2. The van der Waals surface area contributed by atoms with Crippen LogP contribution < -0.4 is 0 Å². The number of hydrogen-bond acceptors (Lipinski definition) is 3. The van der Waals surface area contributed by atoms with Crippen LogP contribution in [0.1, 0.15) is 12.8 Å². The van der Waals surface area contributed by atoms with Gasteiger partial charge in [-0.2, -0.15) is 0 Å². The molecular weight excluding hydrogens is 160 g/mol. The predicted molar refractivity (Wildman–Crippen MR) is 38.3 cm³/mol. The SMILES string of the molecule is COC(=O)C1C2CC1(C(=O)O)C2. The van der Waals surface area contributed by atoms with Gasteiger partial charge in [0.05, 0.1) is 18.4 Å². The van der Waals surface area contributed by atoms with Crippen LogP contribution in [0.5, 0.6) is 0 Å². The van der Waals surface area contributed by atoms with Crippen LogP contribution in [0.4, 0.5) is 0 Å². The molecule has 0 aliphatic heterocycles. The van der Waals surface area contributed by atoms with Crippen molar-refractivity contribution in [2.45, 2.75) is 12.8 Å². The summed E-state index contributed by atoms with van der Waals surface area (Å²) in [5.74, 6) is -1.30. The minimum absolute atomic E-state index is 0.272. The molecule has 0 heterocycles. The first kappa shape index (κ1) is 7.58. The Morgan fingerprint density at radius 1 is 1.50 bits per heavy atom. The molecule has 0 amide bonds. The Hall–Kier alpha value is -1.06. The van der Waals surface area contributed by atoms with E-state index in [9.17, 15) is 9.59 Å². The van der Waals surface area contributed by atoms with Crippen molar-refractivity contribution in [3.63, 3.8) is 0 Å². The van der Waals surface area contributed by atoms with E-state index in [0.29, 0.717) is 12.8 Å². The molecule has 4 nitrogen and oxygen atoms in total. The zero-order valence-corrected chi connectivity index (χ0v) is 6.74. The molecule has 1 atom stereocenters. The van der Waals surface area contributed by atoms with Gasteiger partial charge >= 0.3 is 11.9 Å². The number of carboxylic acids is 1. The zero-order valence-electron chi connectivity index (χ0n) is 6.74. The number of carbonyl (C=O) groups excluding carboxylic acids is 1. The van der Waals surface area contributed by atoms with E-state index in [1.54, 1.807) is 0 Å². The maximum absolute atomic E-state index is 11.1. The normalized spacial score (nSPS) is 42.4. The lowest BCUT2D eigenvalue weighted by Gasteiger charge is -2.63. The second kappa shape index (κ2) is 2.00. The summed E-state index contributed by atoms with van der Waals surface area (Å²) >= 11 is 0. The van der Waals surface area contributed by atoms with Crippen LogP contribution in [0.25, 0.3) is 0 Å². The van der Waals surface area contributed by atoms with E-state index in [2.05, 4.69) is 4.74 Å². The molecule has 2 bridgehead atoms. The summed E-state index contributed by atoms with van der Waals surface area (Å²) < 4.78 is 4.53. The monoisotopic (exact) mass is 170 g/mol. The first-order valence-corrected chi connectivity index (χ1v) is 3.93. The quantitative estimate of drug-likeness (QED) is 0.604. The van der Waals surface area contributed by atoms with Gasteiger partial charge in [-0.1, -0.05) is 0 Å². The standard InChI is InChI=1S/C8H10O4/c1-12-6(9)5-4-2-8(5,3-4)7(10)11/h4-5H,2-3H2,1H3,(H,10,11). The van der Waals surface area contributed by atoms with Crippen LogP contribution >= 0.6 is 0 Å². The van der Waals surface area contributed by atoms with E-state index in [-0.39, 0.29) is 17.8 Å². The molecule has 1 unspecified atom stereocenters. The Balaban J connectivity index is 2.13. The molecule has 0 radical (unpaired) electrons. The molecule has 0 aromatic rings. The molecule has 3 saturated carbocycles. The van der Waals surface area contributed by atoms with Crippen LogP contribution in [-0.2, 0) is 14.3 Å². The Bertz CT molecular complexity index is 252. The average molecular weight is 170 g/mol. The molecule has 1 N–H and O–H groups in total. The van der Waals surface area contributed by atoms with Crippen molar-refractivity contribution >= 4 is 11.9 Å². The highest BCUT2D eigenvalue weighted by atomic mass is 16.5. The van der Waals surface area contributed by atoms with Crippen LogP contribution in [-0.4, -0.2) is 24.2 Å². The third-order valence-electron chi connectivity index (χ3n) is 3.20. The summed E-state index contributed by atoms with van der Waals surface area (Å²) in [4.78, 5) is 21.8. The lowest BCUT2D eigenvalue weighted by atomic mass is 9.37. The van der Waals surface area contributed by atoms with Crippen molar-refractivity contribution in [3.8, 4) is 0 Å². The molecule has 66 valence electrons. The van der Waals surface area contributed by atoms with Crippen molar-refractivity contribution in [3.05, 3.63) is 0 Å². The van der Waals surface area contributed by atoms with E-state index >= 15 is 0 Å². The van der Waals surface area contributed by atoms with Gasteiger partial charge in [-0.05, 0) is 18.8 Å². The molecule has 3 aliphatic carbocycles. The number of carbonyl (C=O) groups is 2. The lowest BCUT2D eigenvalue weighted by Crippen LogP contribution is -2.68. The van der Waals surface area contributed by atoms with Gasteiger partial charge in [-0.15, -0.1) is 0 Å². The largest absolute Gasteiger partial charge is 0.481 e. The van der Waals surface area contributed by atoms with Gasteiger partial charge in [-0.3, -0.25) is 9.59 Å². The fourth-order valence-electron chi connectivity index (χ4n) is 2.35. The Kier molecular flexibility index (Phi) is 1.26. The van der Waals surface area contributed by atoms with Crippen molar-refractivity contribution in [2.75, 3.05) is 7.11 Å². The maximum atomic E-state index is 11.1. The molecule has 3 rings (SSSR count). The van der Waals surface area contributed by atoms with Gasteiger partial charge in [-0.25, -0.2) is 0 Å². The van der Waals surface area contributed by atoms with Crippen molar-refractivity contribution in [2.24, 2.45) is 17.3 Å². The van der Waals surface area contributed by atoms with Gasteiger partial charge < -0.3 is 9.84 Å². The number of methoxy groups -OCH3 is 1. The number of aliphatic carboxylic acids is 1. The molecular formula is C8H10O4. The van der Waals surface area contributed by atoms with Crippen molar-refractivity contribution in [1.29, 1.82) is 0 Å². The van der Waals surface area contributed by atoms with E-state index in [0.717, 1.165) is 0 Å². The second-order valence-electron chi connectivity index (χ2n) is 3.63. The summed E-state index contributed by atoms with van der Waals surface area (Å²) in [6, 6.07) is 0. The van der Waals surface area contributed by atoms with Crippen molar-refractivity contribution in [1.82, 2.24) is 0 Å². The molecule has 0 spiro atoms. The average Bonchev–Trinajstić information content (AvgIpc) is 1.80. The van der Waals surface area contributed by atoms with Gasteiger partial charge in [0.2, 0.25) is 0 Å². The number of ether oxygens (including phenoxy) is 1. The Morgan fingerprint density at radius 2 is 2.08 bits per heavy atom. The topological polar surface area (TPSA) is 63.6 Å². The van der Waals surface area contributed by atoms with Gasteiger partial charge in [0.25, 0.3) is 0 Å². The molecule has 3 fully saturated rings. The third kappa shape index (κ3) is 0.589. The molecule has 0 aromatic carbocycles. The van der Waals surface area contributed by atoms with Gasteiger partial charge in [0, 0.05) is 0 Å². The van der Waals surface area contributed by atoms with Crippen molar-refractivity contribution < 1.29 is 19.4 Å². The Labute approximate surface area is 69.5 Å². The lowest BCUT2D eigenvalue weighted by molar-refractivity contribution is -0.225. The van der Waals surface area contributed by atoms with E-state index < -0.39 is 11.4 Å². The highest BCUT2D eigenvalue weighted by Crippen LogP contribution is 2.69. The van der Waals surface area contributed by atoms with Crippen LogP contribution in [0.15, 0.2) is 0 Å². The first-order chi connectivity index (χ1) is 5.62. The fraction of sp³-hybridized carbons (Fsp3) is 0.750. The molecule has 3 aliphatic rings. The summed E-state index contributed by atoms with van der Waals surface area (Å²) in [5, 5.41) is 8.84. The molecule has 0 aromatic heterocycles. The van der Waals surface area contributed by atoms with E-state index in [4.69, 9.17) is 5.11 Å². The summed E-state index contributed by atoms with van der Waals surface area (Å²) in [7, 11) is 1.30. The summed E-state index contributed by atoms with van der Waals surface area (Å²) in [6.07, 6.45) is 1.31. The van der Waals surface area contributed by atoms with Crippen LogP contribution in [0.3, 0.4) is 0 Å². The van der Waals surface area contributed by atoms with Gasteiger partial charge in [0.15, 0.2) is 0 Å². The highest BCUT2D eigenvalue weighted by molar-refractivity contribution is 5.89. The third-order valence-corrected chi connectivity index (χ3v) is 3.20. The highest BCUT2D eigenvalue weighted by Gasteiger charge is 2.73. The number of hydrogen-bond donors (Lipinski definition) is 1. The number of carboxylic acid groups (broad SMARTS) is 1. The van der Waals surface area contributed by atoms with E-state index in [1.807, 2.05) is 0 Å². The minimum Gasteiger partial charge on any atom is -0.481 e. The predicted octanol–water partition coefficient (Wildman–Crippen LogP) is 0.270. The zero-order chi connectivity index (χ0) is 8.93. The summed E-state index contributed by atoms with van der Waals surface area (Å²) in [6.45, 7) is 0. The first-order valence-electron chi connectivity index (χ1n) is 3.93. The molecule has 4 heteroatoms. The summed E-state index contributed by atoms with van der Waals surface area (Å²) in [5.41, 5.74) is -0.752. The smallest absolute Gasteiger partial charge is 0.310 e. The van der Waals surface area contributed by atoms with Crippen LogP contribution in [0.2, 0.25) is 0 Å². The van der Waals surface area contributed by atoms with Crippen LogP contribution in [0, 0.1) is 17.3 Å².